The lowest BCUT2D eigenvalue weighted by molar-refractivity contribution is -0.114. The molecule has 2 aromatic carbocycles. The largest absolute Gasteiger partial charge is 0.492 e. The van der Waals surface area contributed by atoms with Crippen molar-refractivity contribution in [3.63, 3.8) is 0 Å². The predicted octanol–water partition coefficient (Wildman–Crippen LogP) is 3.90. The predicted molar refractivity (Wildman–Crippen MR) is 88.9 cm³/mol. The van der Waals surface area contributed by atoms with Gasteiger partial charge in [0.15, 0.2) is 0 Å². The lowest BCUT2D eigenvalue weighted by atomic mass is 10.2. The van der Waals surface area contributed by atoms with E-state index in [4.69, 9.17) is 4.74 Å². The number of carbonyl (C=O) groups is 1. The standard InChI is InChI=1S/C16H17BrN2O2/c1-12(20)19-15-4-2-3-14(11-15)18-9-10-21-16-7-5-13(17)6-8-16/h2-8,11,18H,9-10H2,1H3,(H,19,20). The molecule has 0 atom stereocenters. The molecule has 5 heteroatoms. The molecule has 2 N–H and O–H groups in total. The molecule has 0 unspecified atom stereocenters. The van der Waals surface area contributed by atoms with E-state index in [1.807, 2.05) is 48.5 Å². The number of halogens is 1. The van der Waals surface area contributed by atoms with E-state index in [0.717, 1.165) is 21.6 Å². The summed E-state index contributed by atoms with van der Waals surface area (Å²) in [4.78, 5) is 11.0. The molecule has 0 saturated carbocycles. The highest BCUT2D eigenvalue weighted by molar-refractivity contribution is 9.10. The zero-order chi connectivity index (χ0) is 15.1. The third kappa shape index (κ3) is 5.47. The van der Waals surface area contributed by atoms with Crippen molar-refractivity contribution < 1.29 is 9.53 Å². The van der Waals surface area contributed by atoms with Gasteiger partial charge in [-0.2, -0.15) is 0 Å². The molecule has 2 aromatic rings. The molecule has 0 aliphatic carbocycles. The highest BCUT2D eigenvalue weighted by Gasteiger charge is 1.98. The molecule has 0 radical (unpaired) electrons. The normalized spacial score (nSPS) is 10.0. The molecule has 1 amide bonds. The number of nitrogens with one attached hydrogen (secondary N) is 2. The van der Waals surface area contributed by atoms with Crippen molar-refractivity contribution >= 4 is 33.2 Å². The maximum absolute atomic E-state index is 11.0. The number of benzene rings is 2. The third-order valence-corrected chi connectivity index (χ3v) is 3.23. The van der Waals surface area contributed by atoms with E-state index in [9.17, 15) is 4.79 Å². The van der Waals surface area contributed by atoms with E-state index in [0.29, 0.717) is 13.2 Å². The van der Waals surface area contributed by atoms with Gasteiger partial charge in [-0.3, -0.25) is 4.79 Å². The zero-order valence-electron chi connectivity index (χ0n) is 11.7. The molecule has 0 saturated heterocycles. The minimum absolute atomic E-state index is 0.0780. The molecule has 0 heterocycles. The van der Waals surface area contributed by atoms with Crippen LogP contribution in [0.5, 0.6) is 5.75 Å². The van der Waals surface area contributed by atoms with Crippen molar-refractivity contribution in [1.82, 2.24) is 0 Å². The number of ether oxygens (including phenoxy) is 1. The second kappa shape index (κ2) is 7.69. The molecule has 0 aromatic heterocycles. The zero-order valence-corrected chi connectivity index (χ0v) is 13.3. The molecular weight excluding hydrogens is 332 g/mol. The smallest absolute Gasteiger partial charge is 0.221 e. The Kier molecular flexibility index (Phi) is 5.63. The Morgan fingerprint density at radius 3 is 2.57 bits per heavy atom. The summed E-state index contributed by atoms with van der Waals surface area (Å²) in [5.74, 6) is 0.762. The lowest BCUT2D eigenvalue weighted by Crippen LogP contribution is -2.12. The van der Waals surface area contributed by atoms with Gasteiger partial charge < -0.3 is 15.4 Å². The first-order chi connectivity index (χ1) is 10.1. The molecule has 2 rings (SSSR count). The van der Waals surface area contributed by atoms with Crippen LogP contribution in [0.3, 0.4) is 0 Å². The Morgan fingerprint density at radius 2 is 1.86 bits per heavy atom. The quantitative estimate of drug-likeness (QED) is 0.778. The maximum atomic E-state index is 11.0. The fourth-order valence-electron chi connectivity index (χ4n) is 1.81. The molecule has 4 nitrogen and oxygen atoms in total. The van der Waals surface area contributed by atoms with Gasteiger partial charge in [0.2, 0.25) is 5.91 Å². The van der Waals surface area contributed by atoms with Gasteiger partial charge in [0.05, 0.1) is 0 Å². The van der Waals surface area contributed by atoms with E-state index in [2.05, 4.69) is 26.6 Å². The van der Waals surface area contributed by atoms with E-state index in [-0.39, 0.29) is 5.91 Å². The van der Waals surface area contributed by atoms with Gasteiger partial charge in [0, 0.05) is 29.3 Å². The first kappa shape index (κ1) is 15.4. The number of hydrogen-bond donors (Lipinski definition) is 2. The number of amides is 1. The minimum Gasteiger partial charge on any atom is -0.492 e. The van der Waals surface area contributed by atoms with Crippen molar-refractivity contribution in [3.8, 4) is 5.75 Å². The first-order valence-electron chi connectivity index (χ1n) is 6.63. The molecule has 0 fully saturated rings. The number of hydrogen-bond acceptors (Lipinski definition) is 3. The monoisotopic (exact) mass is 348 g/mol. The van der Waals surface area contributed by atoms with Crippen LogP contribution < -0.4 is 15.4 Å². The fraction of sp³-hybridized carbons (Fsp3) is 0.188. The summed E-state index contributed by atoms with van der Waals surface area (Å²) in [5, 5.41) is 6.01. The first-order valence-corrected chi connectivity index (χ1v) is 7.43. The van der Waals surface area contributed by atoms with Crippen molar-refractivity contribution in [2.24, 2.45) is 0 Å². The molecular formula is C16H17BrN2O2. The Bertz CT molecular complexity index is 599. The molecule has 0 bridgehead atoms. The Labute approximate surface area is 132 Å². The highest BCUT2D eigenvalue weighted by atomic mass is 79.9. The van der Waals surface area contributed by atoms with Crippen LogP contribution in [0.2, 0.25) is 0 Å². The molecule has 0 spiro atoms. The summed E-state index contributed by atoms with van der Waals surface area (Å²) in [6.07, 6.45) is 0. The van der Waals surface area contributed by atoms with Gasteiger partial charge in [-0.15, -0.1) is 0 Å². The van der Waals surface area contributed by atoms with Crippen LogP contribution in [0.4, 0.5) is 11.4 Å². The van der Waals surface area contributed by atoms with Crippen LogP contribution >= 0.6 is 15.9 Å². The second-order valence-electron chi connectivity index (χ2n) is 4.49. The molecule has 110 valence electrons. The lowest BCUT2D eigenvalue weighted by Gasteiger charge is -2.10. The average Bonchev–Trinajstić information content (AvgIpc) is 2.45. The molecule has 0 aliphatic rings. The summed E-state index contributed by atoms with van der Waals surface area (Å²) in [5.41, 5.74) is 1.72. The summed E-state index contributed by atoms with van der Waals surface area (Å²) in [6, 6.07) is 15.3. The summed E-state index contributed by atoms with van der Waals surface area (Å²) < 4.78 is 6.65. The van der Waals surface area contributed by atoms with Crippen molar-refractivity contribution in [2.75, 3.05) is 23.8 Å². The minimum atomic E-state index is -0.0780. The highest BCUT2D eigenvalue weighted by Crippen LogP contribution is 2.17. The van der Waals surface area contributed by atoms with Gasteiger partial charge in [-0.05, 0) is 42.5 Å². The van der Waals surface area contributed by atoms with Crippen molar-refractivity contribution in [1.29, 1.82) is 0 Å². The maximum Gasteiger partial charge on any atom is 0.221 e. The van der Waals surface area contributed by atoms with Gasteiger partial charge >= 0.3 is 0 Å². The van der Waals surface area contributed by atoms with Gasteiger partial charge in [0.25, 0.3) is 0 Å². The number of rotatable bonds is 6. The average molecular weight is 349 g/mol. The molecule has 21 heavy (non-hydrogen) atoms. The summed E-state index contributed by atoms with van der Waals surface area (Å²) >= 11 is 3.38. The van der Waals surface area contributed by atoms with E-state index in [1.54, 1.807) is 0 Å². The van der Waals surface area contributed by atoms with Crippen LogP contribution in [-0.4, -0.2) is 19.1 Å². The number of anilines is 2. The van der Waals surface area contributed by atoms with Crippen LogP contribution in [0, 0.1) is 0 Å². The van der Waals surface area contributed by atoms with E-state index < -0.39 is 0 Å². The van der Waals surface area contributed by atoms with E-state index in [1.165, 1.54) is 6.92 Å². The van der Waals surface area contributed by atoms with Crippen LogP contribution in [0.25, 0.3) is 0 Å². The molecule has 0 aliphatic heterocycles. The van der Waals surface area contributed by atoms with Gasteiger partial charge in [-0.1, -0.05) is 22.0 Å². The number of carbonyl (C=O) groups excluding carboxylic acids is 1. The third-order valence-electron chi connectivity index (χ3n) is 2.70. The fourth-order valence-corrected chi connectivity index (χ4v) is 2.07. The SMILES string of the molecule is CC(=O)Nc1cccc(NCCOc2ccc(Br)cc2)c1. The van der Waals surface area contributed by atoms with Crippen molar-refractivity contribution in [3.05, 3.63) is 53.0 Å². The van der Waals surface area contributed by atoms with Crippen LogP contribution in [-0.2, 0) is 4.79 Å². The van der Waals surface area contributed by atoms with Gasteiger partial charge in [0.1, 0.15) is 12.4 Å². The Morgan fingerprint density at radius 1 is 1.14 bits per heavy atom. The Hall–Kier alpha value is -2.01. The van der Waals surface area contributed by atoms with Gasteiger partial charge in [-0.25, -0.2) is 0 Å². The Balaban J connectivity index is 1.78. The van der Waals surface area contributed by atoms with Crippen LogP contribution in [0.15, 0.2) is 53.0 Å². The topological polar surface area (TPSA) is 50.4 Å². The summed E-state index contributed by atoms with van der Waals surface area (Å²) in [7, 11) is 0. The van der Waals surface area contributed by atoms with E-state index >= 15 is 0 Å². The van der Waals surface area contributed by atoms with Crippen LogP contribution in [0.1, 0.15) is 6.92 Å². The van der Waals surface area contributed by atoms with Crippen molar-refractivity contribution in [2.45, 2.75) is 6.92 Å². The summed E-state index contributed by atoms with van der Waals surface area (Å²) in [6.45, 7) is 2.73. The second-order valence-corrected chi connectivity index (χ2v) is 5.41.